The maximum Gasteiger partial charge on any atom is 0.255 e. The molecule has 1 saturated heterocycles. The maximum absolute atomic E-state index is 13.5. The van der Waals surface area contributed by atoms with Crippen LogP contribution >= 0.6 is 0 Å². The van der Waals surface area contributed by atoms with Gasteiger partial charge in [0.2, 0.25) is 0 Å². The van der Waals surface area contributed by atoms with E-state index in [0.29, 0.717) is 41.0 Å². The normalized spacial score (nSPS) is 18.6. The average Bonchev–Trinajstić information content (AvgIpc) is 3.40. The highest BCUT2D eigenvalue weighted by atomic mass is 32.2. The molecule has 0 spiro atoms. The van der Waals surface area contributed by atoms with Gasteiger partial charge in [0.25, 0.3) is 5.91 Å². The number of nitrogens with zero attached hydrogens (tertiary/aromatic N) is 4. The molecule has 154 valence electrons. The second-order valence-electron chi connectivity index (χ2n) is 7.60. The molecule has 0 bridgehead atoms. The SMILES string of the molecule is CCN(C(=O)c1cc(-c2ccco2)nc2c1cnn2C(C)C)C1CCS(=O)(=O)C1. The molecule has 1 amide bonds. The number of fused-ring (bicyclic) bond motifs is 1. The zero-order chi connectivity index (χ0) is 20.8. The Bertz CT molecular complexity index is 1150. The van der Waals surface area contributed by atoms with Gasteiger partial charge >= 0.3 is 0 Å². The Morgan fingerprint density at radius 2 is 2.21 bits per heavy atom. The second-order valence-corrected chi connectivity index (χ2v) is 9.83. The third kappa shape index (κ3) is 3.55. The van der Waals surface area contributed by atoms with Gasteiger partial charge < -0.3 is 9.32 Å². The number of amides is 1. The molecule has 0 N–H and O–H groups in total. The molecule has 9 heteroatoms. The fourth-order valence-corrected chi connectivity index (χ4v) is 5.60. The van der Waals surface area contributed by atoms with Gasteiger partial charge in [-0.05, 0) is 45.4 Å². The summed E-state index contributed by atoms with van der Waals surface area (Å²) in [5.41, 5.74) is 1.61. The molecule has 0 aliphatic carbocycles. The van der Waals surface area contributed by atoms with Crippen molar-refractivity contribution in [1.29, 1.82) is 0 Å². The summed E-state index contributed by atoms with van der Waals surface area (Å²) in [7, 11) is -3.10. The summed E-state index contributed by atoms with van der Waals surface area (Å²) in [4.78, 5) is 19.9. The first kappa shape index (κ1) is 19.6. The van der Waals surface area contributed by atoms with E-state index in [0.717, 1.165) is 0 Å². The van der Waals surface area contributed by atoms with Gasteiger partial charge in [-0.2, -0.15) is 5.10 Å². The number of sulfone groups is 1. The van der Waals surface area contributed by atoms with Crippen molar-refractivity contribution in [1.82, 2.24) is 19.7 Å². The van der Waals surface area contributed by atoms with Gasteiger partial charge in [-0.15, -0.1) is 0 Å². The van der Waals surface area contributed by atoms with Crippen molar-refractivity contribution < 1.29 is 17.6 Å². The van der Waals surface area contributed by atoms with Crippen LogP contribution in [0.3, 0.4) is 0 Å². The number of hydrogen-bond donors (Lipinski definition) is 0. The summed E-state index contributed by atoms with van der Waals surface area (Å²) in [6.07, 6.45) is 3.68. The van der Waals surface area contributed by atoms with Gasteiger partial charge in [0.05, 0.1) is 34.9 Å². The third-order valence-corrected chi connectivity index (χ3v) is 7.06. The van der Waals surface area contributed by atoms with E-state index in [1.165, 1.54) is 0 Å². The first-order valence-corrected chi connectivity index (χ1v) is 11.6. The average molecular weight is 417 g/mol. The van der Waals surface area contributed by atoms with Crippen LogP contribution in [0.5, 0.6) is 0 Å². The highest BCUT2D eigenvalue weighted by Gasteiger charge is 2.35. The summed E-state index contributed by atoms with van der Waals surface area (Å²) >= 11 is 0. The number of carbonyl (C=O) groups is 1. The molecule has 1 unspecified atom stereocenters. The number of carbonyl (C=O) groups excluding carboxylic acids is 1. The van der Waals surface area contributed by atoms with Gasteiger partial charge in [0.1, 0.15) is 5.69 Å². The number of rotatable bonds is 5. The zero-order valence-electron chi connectivity index (χ0n) is 16.7. The van der Waals surface area contributed by atoms with Gasteiger partial charge in [0, 0.05) is 18.6 Å². The minimum atomic E-state index is -3.10. The van der Waals surface area contributed by atoms with Crippen molar-refractivity contribution in [2.75, 3.05) is 18.1 Å². The quantitative estimate of drug-likeness (QED) is 0.634. The molecule has 1 aliphatic heterocycles. The summed E-state index contributed by atoms with van der Waals surface area (Å²) in [5, 5.41) is 5.07. The van der Waals surface area contributed by atoms with Crippen LogP contribution in [0.1, 0.15) is 43.6 Å². The van der Waals surface area contributed by atoms with Crippen LogP contribution in [0, 0.1) is 0 Å². The van der Waals surface area contributed by atoms with Crippen molar-refractivity contribution in [3.05, 3.63) is 36.2 Å². The molecule has 29 heavy (non-hydrogen) atoms. The zero-order valence-corrected chi connectivity index (χ0v) is 17.5. The number of hydrogen-bond acceptors (Lipinski definition) is 6. The fourth-order valence-electron chi connectivity index (χ4n) is 3.87. The Morgan fingerprint density at radius 3 is 2.79 bits per heavy atom. The number of aromatic nitrogens is 3. The predicted molar refractivity (Wildman–Crippen MR) is 109 cm³/mol. The van der Waals surface area contributed by atoms with Crippen LogP contribution in [-0.4, -0.2) is 58.1 Å². The van der Waals surface area contributed by atoms with E-state index in [1.807, 2.05) is 20.8 Å². The van der Waals surface area contributed by atoms with Crippen LogP contribution in [0.2, 0.25) is 0 Å². The van der Waals surface area contributed by atoms with E-state index in [9.17, 15) is 13.2 Å². The van der Waals surface area contributed by atoms with E-state index in [4.69, 9.17) is 4.42 Å². The molecule has 0 radical (unpaired) electrons. The van der Waals surface area contributed by atoms with Crippen molar-refractivity contribution in [2.24, 2.45) is 0 Å². The van der Waals surface area contributed by atoms with Crippen LogP contribution in [0.4, 0.5) is 0 Å². The molecule has 3 aromatic heterocycles. The van der Waals surface area contributed by atoms with Crippen molar-refractivity contribution in [3.63, 3.8) is 0 Å². The number of pyridine rings is 1. The topological polar surface area (TPSA) is 98.3 Å². The van der Waals surface area contributed by atoms with Crippen LogP contribution in [-0.2, 0) is 9.84 Å². The standard InChI is InChI=1S/C20H24N4O4S/c1-4-23(14-7-9-29(26,27)12-14)20(25)15-10-17(18-6-5-8-28-18)22-19-16(15)11-21-24(19)13(2)3/h5-6,8,10-11,13-14H,4,7,9,12H2,1-3H3. The van der Waals surface area contributed by atoms with E-state index >= 15 is 0 Å². The molecule has 1 atom stereocenters. The lowest BCUT2D eigenvalue weighted by Crippen LogP contribution is -2.41. The van der Waals surface area contributed by atoms with Crippen molar-refractivity contribution in [3.8, 4) is 11.5 Å². The summed E-state index contributed by atoms with van der Waals surface area (Å²) in [5.74, 6) is 0.481. The van der Waals surface area contributed by atoms with Crippen LogP contribution in [0.15, 0.2) is 35.1 Å². The minimum absolute atomic E-state index is 0.0110. The fraction of sp³-hybridized carbons (Fsp3) is 0.450. The molecule has 4 heterocycles. The predicted octanol–water partition coefficient (Wildman–Crippen LogP) is 2.92. The van der Waals surface area contributed by atoms with E-state index in [1.54, 1.807) is 40.2 Å². The van der Waals surface area contributed by atoms with Gasteiger partial charge in [-0.1, -0.05) is 0 Å². The maximum atomic E-state index is 13.5. The molecule has 0 saturated carbocycles. The third-order valence-electron chi connectivity index (χ3n) is 5.31. The molecule has 4 rings (SSSR count). The Kier molecular flexibility index (Phi) is 4.94. The molecule has 0 aromatic carbocycles. The van der Waals surface area contributed by atoms with E-state index in [2.05, 4.69) is 10.1 Å². The van der Waals surface area contributed by atoms with E-state index in [-0.39, 0.29) is 29.5 Å². The Labute approximate surface area is 169 Å². The van der Waals surface area contributed by atoms with Gasteiger partial charge in [0.15, 0.2) is 21.2 Å². The Balaban J connectivity index is 1.84. The van der Waals surface area contributed by atoms with Crippen LogP contribution in [0.25, 0.3) is 22.5 Å². The first-order valence-electron chi connectivity index (χ1n) is 9.74. The minimum Gasteiger partial charge on any atom is -0.463 e. The lowest BCUT2D eigenvalue weighted by Gasteiger charge is -2.27. The monoisotopic (exact) mass is 416 g/mol. The smallest absolute Gasteiger partial charge is 0.255 e. The molecule has 8 nitrogen and oxygen atoms in total. The Morgan fingerprint density at radius 1 is 1.41 bits per heavy atom. The highest BCUT2D eigenvalue weighted by molar-refractivity contribution is 7.91. The Hall–Kier alpha value is -2.68. The van der Waals surface area contributed by atoms with Gasteiger partial charge in [-0.25, -0.2) is 18.1 Å². The summed E-state index contributed by atoms with van der Waals surface area (Å²) in [6.45, 7) is 6.29. The van der Waals surface area contributed by atoms with E-state index < -0.39 is 9.84 Å². The van der Waals surface area contributed by atoms with Crippen molar-refractivity contribution >= 4 is 26.8 Å². The number of furan rings is 1. The van der Waals surface area contributed by atoms with Crippen LogP contribution < -0.4 is 0 Å². The second kappa shape index (κ2) is 7.29. The first-order chi connectivity index (χ1) is 13.8. The lowest BCUT2D eigenvalue weighted by molar-refractivity contribution is 0.0710. The lowest BCUT2D eigenvalue weighted by atomic mass is 10.1. The molecule has 1 fully saturated rings. The highest BCUT2D eigenvalue weighted by Crippen LogP contribution is 2.29. The molecular weight excluding hydrogens is 392 g/mol. The molecular formula is C20H24N4O4S. The largest absolute Gasteiger partial charge is 0.463 e. The molecule has 3 aromatic rings. The summed E-state index contributed by atoms with van der Waals surface area (Å²) < 4.78 is 31.2. The summed E-state index contributed by atoms with van der Waals surface area (Å²) in [6, 6.07) is 5.02. The molecule has 1 aliphatic rings. The van der Waals surface area contributed by atoms with Gasteiger partial charge in [-0.3, -0.25) is 4.79 Å². The van der Waals surface area contributed by atoms with Crippen molar-refractivity contribution in [2.45, 2.75) is 39.3 Å².